The number of esters is 1. The minimum Gasteiger partial charge on any atom is -0.462 e. The zero-order valence-electron chi connectivity index (χ0n) is 21.7. The van der Waals surface area contributed by atoms with Gasteiger partial charge in [-0.1, -0.05) is 18.2 Å². The Labute approximate surface area is 225 Å². The Morgan fingerprint density at radius 1 is 0.872 bits per heavy atom. The van der Waals surface area contributed by atoms with Crippen LogP contribution >= 0.6 is 0 Å². The molecule has 9 nitrogen and oxygen atoms in total. The van der Waals surface area contributed by atoms with E-state index in [-0.39, 0.29) is 18.1 Å². The maximum atomic E-state index is 12.6. The largest absolute Gasteiger partial charge is 0.462 e. The summed E-state index contributed by atoms with van der Waals surface area (Å²) in [7, 11) is 3.40. The van der Waals surface area contributed by atoms with Crippen molar-refractivity contribution in [3.8, 4) is 34.5 Å². The van der Waals surface area contributed by atoms with Crippen molar-refractivity contribution in [3.05, 3.63) is 96.2 Å². The van der Waals surface area contributed by atoms with E-state index in [2.05, 4.69) is 15.0 Å². The van der Waals surface area contributed by atoms with Crippen LogP contribution in [0.1, 0.15) is 27.6 Å². The molecule has 0 spiro atoms. The first-order chi connectivity index (χ1) is 18.9. The van der Waals surface area contributed by atoms with E-state index in [9.17, 15) is 9.59 Å². The molecule has 0 aliphatic carbocycles. The second-order valence-corrected chi connectivity index (χ2v) is 8.76. The van der Waals surface area contributed by atoms with E-state index in [1.54, 1.807) is 87.9 Å². The number of carbonyl (C=O) groups is 2. The molecule has 0 aliphatic heterocycles. The highest BCUT2D eigenvalue weighted by Gasteiger charge is 2.19. The first-order valence-corrected chi connectivity index (χ1v) is 12.3. The Kier molecular flexibility index (Phi) is 7.22. The van der Waals surface area contributed by atoms with E-state index in [0.717, 1.165) is 0 Å². The molecule has 0 radical (unpaired) electrons. The number of para-hydroxylation sites is 1. The number of benzene rings is 3. The molecule has 39 heavy (non-hydrogen) atoms. The Hall–Kier alpha value is -5.18. The predicted molar refractivity (Wildman–Crippen MR) is 146 cm³/mol. The zero-order chi connectivity index (χ0) is 27.4. The van der Waals surface area contributed by atoms with Crippen LogP contribution in [0.25, 0.3) is 22.6 Å². The number of nitrogens with one attached hydrogen (secondary N) is 1. The number of hydrogen-bond acceptors (Lipinski definition) is 7. The molecular weight excluding hydrogens is 496 g/mol. The van der Waals surface area contributed by atoms with Crippen LogP contribution in [0.3, 0.4) is 0 Å². The molecule has 0 unspecified atom stereocenters. The van der Waals surface area contributed by atoms with E-state index >= 15 is 0 Å². The lowest BCUT2D eigenvalue weighted by molar-refractivity contribution is 0.0523. The van der Waals surface area contributed by atoms with Crippen molar-refractivity contribution in [3.63, 3.8) is 0 Å². The van der Waals surface area contributed by atoms with Crippen molar-refractivity contribution in [2.75, 3.05) is 20.7 Å². The highest BCUT2D eigenvalue weighted by molar-refractivity contribution is 5.94. The van der Waals surface area contributed by atoms with E-state index in [4.69, 9.17) is 14.2 Å². The molecule has 196 valence electrons. The summed E-state index contributed by atoms with van der Waals surface area (Å²) < 4.78 is 17.7. The number of aromatic nitrogens is 3. The van der Waals surface area contributed by atoms with Gasteiger partial charge >= 0.3 is 5.97 Å². The average molecular weight is 523 g/mol. The van der Waals surface area contributed by atoms with Crippen molar-refractivity contribution < 1.29 is 23.8 Å². The molecule has 0 saturated carbocycles. The number of hydrogen-bond donors (Lipinski definition) is 1. The summed E-state index contributed by atoms with van der Waals surface area (Å²) in [5.74, 6) is 1.52. The number of fused-ring (bicyclic) bond motifs is 1. The molecule has 0 aliphatic rings. The van der Waals surface area contributed by atoms with Gasteiger partial charge in [0.15, 0.2) is 17.3 Å². The van der Waals surface area contributed by atoms with Gasteiger partial charge in [-0.15, -0.1) is 0 Å². The molecule has 1 amide bonds. The minimum absolute atomic E-state index is 0.109. The second-order valence-electron chi connectivity index (χ2n) is 8.76. The Balaban J connectivity index is 1.55. The van der Waals surface area contributed by atoms with Crippen molar-refractivity contribution in [2.24, 2.45) is 0 Å². The Bertz CT molecular complexity index is 1630. The van der Waals surface area contributed by atoms with Gasteiger partial charge in [0.2, 0.25) is 0 Å². The van der Waals surface area contributed by atoms with Crippen LogP contribution in [-0.2, 0) is 4.74 Å². The molecule has 0 fully saturated rings. The SMILES string of the molecule is CCOC(=O)c1ccccc1Oc1cc2nc(-c3ccccn3)[nH]c2cc1Oc1ccc(C(=O)N(C)C)cc1. The number of amides is 1. The van der Waals surface area contributed by atoms with Gasteiger partial charge in [0.05, 0.1) is 17.6 Å². The Morgan fingerprint density at radius 3 is 2.33 bits per heavy atom. The maximum Gasteiger partial charge on any atom is 0.341 e. The highest BCUT2D eigenvalue weighted by atomic mass is 16.5. The van der Waals surface area contributed by atoms with Crippen LogP contribution in [0.15, 0.2) is 85.1 Å². The fourth-order valence-corrected chi connectivity index (χ4v) is 3.90. The summed E-state index contributed by atoms with van der Waals surface area (Å²) >= 11 is 0. The monoisotopic (exact) mass is 522 g/mol. The number of H-pyrrole nitrogens is 1. The van der Waals surface area contributed by atoms with Gasteiger partial charge < -0.3 is 24.1 Å². The first-order valence-electron chi connectivity index (χ1n) is 12.3. The van der Waals surface area contributed by atoms with E-state index in [0.29, 0.717) is 51.1 Å². The second kappa shape index (κ2) is 11.1. The van der Waals surface area contributed by atoms with Crippen molar-refractivity contribution in [1.29, 1.82) is 0 Å². The van der Waals surface area contributed by atoms with E-state index in [1.807, 2.05) is 18.2 Å². The van der Waals surface area contributed by atoms with Gasteiger partial charge in [-0.2, -0.15) is 0 Å². The third-order valence-corrected chi connectivity index (χ3v) is 5.79. The van der Waals surface area contributed by atoms with Crippen LogP contribution in [-0.4, -0.2) is 52.4 Å². The molecule has 9 heteroatoms. The number of carbonyl (C=O) groups excluding carboxylic acids is 2. The lowest BCUT2D eigenvalue weighted by atomic mass is 10.2. The average Bonchev–Trinajstić information content (AvgIpc) is 3.37. The van der Waals surface area contributed by atoms with Crippen molar-refractivity contribution in [2.45, 2.75) is 6.92 Å². The third-order valence-electron chi connectivity index (χ3n) is 5.79. The molecule has 0 atom stereocenters. The quantitative estimate of drug-likeness (QED) is 0.246. The molecule has 0 bridgehead atoms. The fraction of sp³-hybridized carbons (Fsp3) is 0.133. The number of rotatable bonds is 8. The molecular formula is C30H26N4O5. The zero-order valence-corrected chi connectivity index (χ0v) is 21.7. The summed E-state index contributed by atoms with van der Waals surface area (Å²) in [5, 5.41) is 0. The fourth-order valence-electron chi connectivity index (χ4n) is 3.90. The summed E-state index contributed by atoms with van der Waals surface area (Å²) in [6, 6.07) is 22.7. The first kappa shape index (κ1) is 25.5. The molecule has 2 aromatic heterocycles. The normalized spacial score (nSPS) is 10.7. The van der Waals surface area contributed by atoms with Gasteiger partial charge in [-0.3, -0.25) is 9.78 Å². The van der Waals surface area contributed by atoms with Gasteiger partial charge in [-0.25, -0.2) is 9.78 Å². The van der Waals surface area contributed by atoms with Crippen LogP contribution < -0.4 is 9.47 Å². The highest BCUT2D eigenvalue weighted by Crippen LogP contribution is 2.39. The molecule has 5 rings (SSSR count). The van der Waals surface area contributed by atoms with E-state index < -0.39 is 5.97 Å². The van der Waals surface area contributed by atoms with E-state index in [1.165, 1.54) is 4.90 Å². The number of pyridine rings is 1. The summed E-state index contributed by atoms with van der Waals surface area (Å²) in [5.41, 5.74) is 2.84. The van der Waals surface area contributed by atoms with Gasteiger partial charge in [-0.05, 0) is 55.5 Å². The number of ether oxygens (including phenoxy) is 3. The number of imidazole rings is 1. The molecule has 3 aromatic carbocycles. The minimum atomic E-state index is -0.491. The topological polar surface area (TPSA) is 107 Å². The van der Waals surface area contributed by atoms with Crippen LogP contribution in [0.2, 0.25) is 0 Å². The smallest absolute Gasteiger partial charge is 0.341 e. The molecule has 2 heterocycles. The maximum absolute atomic E-state index is 12.6. The number of nitrogens with zero attached hydrogens (tertiary/aromatic N) is 3. The van der Waals surface area contributed by atoms with Gasteiger partial charge in [0, 0.05) is 38.0 Å². The summed E-state index contributed by atoms with van der Waals surface area (Å²) in [4.78, 5) is 38.7. The van der Waals surface area contributed by atoms with Crippen molar-refractivity contribution in [1.82, 2.24) is 19.9 Å². The van der Waals surface area contributed by atoms with Gasteiger partial charge in [0.1, 0.15) is 22.8 Å². The lowest BCUT2D eigenvalue weighted by Crippen LogP contribution is -2.21. The molecule has 0 saturated heterocycles. The van der Waals surface area contributed by atoms with Crippen LogP contribution in [0.5, 0.6) is 23.0 Å². The summed E-state index contributed by atoms with van der Waals surface area (Å²) in [6.07, 6.45) is 1.70. The van der Waals surface area contributed by atoms with Gasteiger partial charge in [0.25, 0.3) is 5.91 Å². The third kappa shape index (κ3) is 5.57. The summed E-state index contributed by atoms with van der Waals surface area (Å²) in [6.45, 7) is 1.98. The number of aromatic amines is 1. The van der Waals surface area contributed by atoms with Crippen LogP contribution in [0.4, 0.5) is 0 Å². The lowest BCUT2D eigenvalue weighted by Gasteiger charge is -2.15. The predicted octanol–water partition coefficient (Wildman–Crippen LogP) is 6.09. The molecule has 5 aromatic rings. The van der Waals surface area contributed by atoms with Crippen molar-refractivity contribution >= 4 is 22.9 Å². The standard InChI is InChI=1S/C30H26N4O5/c1-4-37-30(36)21-9-5-6-11-25(21)39-27-18-24-23(32-28(33-24)22-10-7-8-16-31-22)17-26(27)38-20-14-12-19(13-15-20)29(35)34(2)3/h5-18H,4H2,1-3H3,(H,32,33). The molecule has 1 N–H and O–H groups in total. The van der Waals surface area contributed by atoms with Crippen LogP contribution in [0, 0.1) is 0 Å². The Morgan fingerprint density at radius 2 is 1.62 bits per heavy atom.